The van der Waals surface area contributed by atoms with Crippen molar-refractivity contribution in [2.45, 2.75) is 12.8 Å². The first-order valence-corrected chi connectivity index (χ1v) is 10.6. The third-order valence-electron chi connectivity index (χ3n) is 4.21. The van der Waals surface area contributed by atoms with Gasteiger partial charge in [-0.15, -0.1) is 0 Å². The first kappa shape index (κ1) is 17.9. The molecule has 7 heteroatoms. The number of rotatable bonds is 4. The molecule has 1 heterocycles. The van der Waals surface area contributed by atoms with Gasteiger partial charge in [-0.3, -0.25) is 9.10 Å². The molecule has 0 aromatic heterocycles. The molecule has 0 fully saturated rings. The van der Waals surface area contributed by atoms with Gasteiger partial charge in [0.15, 0.2) is 0 Å². The number of sulfonamides is 1. The maximum Gasteiger partial charge on any atom is 0.247 e. The molecular weight excluding hydrogens is 404 g/mol. The Morgan fingerprint density at radius 2 is 1.84 bits per heavy atom. The second-order valence-corrected chi connectivity index (χ2v) is 8.85. The molecule has 0 unspecified atom stereocenters. The van der Waals surface area contributed by atoms with Gasteiger partial charge in [0.25, 0.3) is 0 Å². The Labute approximate surface area is 156 Å². The number of carbonyl (C=O) groups is 1. The minimum absolute atomic E-state index is 0.213. The van der Waals surface area contributed by atoms with Crippen molar-refractivity contribution in [3.63, 3.8) is 0 Å². The van der Waals surface area contributed by atoms with Gasteiger partial charge < -0.3 is 4.90 Å². The molecule has 0 atom stereocenters. The Morgan fingerprint density at radius 3 is 2.52 bits per heavy atom. The van der Waals surface area contributed by atoms with Gasteiger partial charge in [-0.05, 0) is 48.7 Å². The summed E-state index contributed by atoms with van der Waals surface area (Å²) >= 11 is 3.33. The van der Waals surface area contributed by atoms with Crippen molar-refractivity contribution in [3.8, 4) is 0 Å². The predicted octanol–water partition coefficient (Wildman–Crippen LogP) is 3.19. The van der Waals surface area contributed by atoms with Crippen LogP contribution in [0.15, 0.2) is 53.0 Å². The van der Waals surface area contributed by atoms with Crippen molar-refractivity contribution in [2.24, 2.45) is 0 Å². The molecule has 2 aromatic rings. The highest BCUT2D eigenvalue weighted by Gasteiger charge is 2.27. The maximum absolute atomic E-state index is 12.9. The van der Waals surface area contributed by atoms with E-state index in [-0.39, 0.29) is 12.5 Å². The van der Waals surface area contributed by atoms with Crippen LogP contribution in [-0.4, -0.2) is 33.7 Å². The number of amides is 1. The fourth-order valence-electron chi connectivity index (χ4n) is 3.01. The summed E-state index contributed by atoms with van der Waals surface area (Å²) in [6.45, 7) is 0.391. The van der Waals surface area contributed by atoms with Crippen LogP contribution in [-0.2, 0) is 21.2 Å². The Hall–Kier alpha value is -1.86. The molecule has 5 nitrogen and oxygen atoms in total. The molecule has 1 aliphatic heterocycles. The largest absolute Gasteiger partial charge is 0.311 e. The van der Waals surface area contributed by atoms with Gasteiger partial charge in [0.05, 0.1) is 11.9 Å². The average Bonchev–Trinajstić information content (AvgIpc) is 2.59. The van der Waals surface area contributed by atoms with Crippen molar-refractivity contribution in [1.29, 1.82) is 0 Å². The van der Waals surface area contributed by atoms with Gasteiger partial charge >= 0.3 is 0 Å². The van der Waals surface area contributed by atoms with Crippen LogP contribution in [0.5, 0.6) is 0 Å². The third kappa shape index (κ3) is 4.04. The smallest absolute Gasteiger partial charge is 0.247 e. The number of para-hydroxylation sites is 1. The van der Waals surface area contributed by atoms with E-state index in [4.69, 9.17) is 0 Å². The minimum atomic E-state index is -3.57. The summed E-state index contributed by atoms with van der Waals surface area (Å²) in [5.41, 5.74) is 2.48. The van der Waals surface area contributed by atoms with Gasteiger partial charge in [0, 0.05) is 16.7 Å². The Bertz CT molecular complexity index is 881. The molecule has 0 N–H and O–H groups in total. The van der Waals surface area contributed by atoms with Crippen LogP contribution in [0.4, 0.5) is 11.4 Å². The van der Waals surface area contributed by atoms with Gasteiger partial charge in [-0.25, -0.2) is 8.42 Å². The van der Waals surface area contributed by atoms with Crippen molar-refractivity contribution in [3.05, 3.63) is 58.6 Å². The van der Waals surface area contributed by atoms with Crippen LogP contribution >= 0.6 is 15.9 Å². The minimum Gasteiger partial charge on any atom is -0.311 e. The molecule has 0 bridgehead atoms. The number of hydrogen-bond acceptors (Lipinski definition) is 3. The highest BCUT2D eigenvalue weighted by Crippen LogP contribution is 2.28. The number of anilines is 2. The van der Waals surface area contributed by atoms with Crippen LogP contribution in [0.3, 0.4) is 0 Å². The van der Waals surface area contributed by atoms with Crippen LogP contribution in [0.2, 0.25) is 0 Å². The lowest BCUT2D eigenvalue weighted by molar-refractivity contribution is -0.117. The third-order valence-corrected chi connectivity index (χ3v) is 5.87. The van der Waals surface area contributed by atoms with E-state index in [0.29, 0.717) is 12.2 Å². The fraction of sp³-hybridized carbons (Fsp3) is 0.278. The first-order chi connectivity index (χ1) is 11.9. The quantitative estimate of drug-likeness (QED) is 0.759. The number of carbonyl (C=O) groups excluding carboxylic acids is 1. The van der Waals surface area contributed by atoms with Gasteiger partial charge in [0.1, 0.15) is 6.54 Å². The molecule has 25 heavy (non-hydrogen) atoms. The SMILES string of the molecule is CS(=O)(=O)N(CC(=O)N1CCCc2ccccc21)c1ccc(Br)cc1. The zero-order valence-corrected chi connectivity index (χ0v) is 16.3. The zero-order chi connectivity index (χ0) is 18.0. The highest BCUT2D eigenvalue weighted by atomic mass is 79.9. The molecule has 0 radical (unpaired) electrons. The van der Waals surface area contributed by atoms with Crippen LogP contribution in [0, 0.1) is 0 Å². The van der Waals surface area contributed by atoms with E-state index in [1.807, 2.05) is 24.3 Å². The summed E-state index contributed by atoms with van der Waals surface area (Å²) in [5, 5.41) is 0. The topological polar surface area (TPSA) is 57.7 Å². The van der Waals surface area contributed by atoms with E-state index in [1.165, 1.54) is 0 Å². The summed E-state index contributed by atoms with van der Waals surface area (Å²) in [6, 6.07) is 14.7. The van der Waals surface area contributed by atoms with Gasteiger partial charge in [-0.2, -0.15) is 0 Å². The number of benzene rings is 2. The number of nitrogens with zero attached hydrogens (tertiary/aromatic N) is 2. The van der Waals surface area contributed by atoms with E-state index in [0.717, 1.165) is 39.1 Å². The lowest BCUT2D eigenvalue weighted by Gasteiger charge is -2.31. The lowest BCUT2D eigenvalue weighted by Crippen LogP contribution is -2.44. The number of aryl methyl sites for hydroxylation is 1. The summed E-state index contributed by atoms with van der Waals surface area (Å²) in [6.07, 6.45) is 2.93. The van der Waals surface area contributed by atoms with E-state index < -0.39 is 10.0 Å². The predicted molar refractivity (Wildman–Crippen MR) is 103 cm³/mol. The molecule has 0 aliphatic carbocycles. The van der Waals surface area contributed by atoms with Gasteiger partial charge in [-0.1, -0.05) is 34.1 Å². The number of hydrogen-bond donors (Lipinski definition) is 0. The molecule has 2 aromatic carbocycles. The standard InChI is InChI=1S/C18H19BrN2O3S/c1-25(23,24)21(16-10-8-15(19)9-11-16)13-18(22)20-12-4-6-14-5-2-3-7-17(14)20/h2-3,5,7-11H,4,6,12-13H2,1H3. The molecular formula is C18H19BrN2O3S. The summed E-state index contributed by atoms with van der Waals surface area (Å²) < 4.78 is 26.4. The van der Waals surface area contributed by atoms with Gasteiger partial charge in [0.2, 0.25) is 15.9 Å². The molecule has 0 saturated carbocycles. The molecule has 0 spiro atoms. The summed E-state index contributed by atoms with van der Waals surface area (Å²) in [7, 11) is -3.57. The molecule has 3 rings (SSSR count). The lowest BCUT2D eigenvalue weighted by atomic mass is 10.0. The Balaban J connectivity index is 1.88. The Morgan fingerprint density at radius 1 is 1.16 bits per heavy atom. The summed E-state index contributed by atoms with van der Waals surface area (Å²) in [4.78, 5) is 14.6. The maximum atomic E-state index is 12.9. The van der Waals surface area contributed by atoms with E-state index >= 15 is 0 Å². The molecule has 1 aliphatic rings. The average molecular weight is 423 g/mol. The van der Waals surface area contributed by atoms with Crippen molar-refractivity contribution in [1.82, 2.24) is 0 Å². The molecule has 1 amide bonds. The normalized spacial score (nSPS) is 14.1. The molecule has 132 valence electrons. The monoisotopic (exact) mass is 422 g/mol. The van der Waals surface area contributed by atoms with Crippen LogP contribution in [0.1, 0.15) is 12.0 Å². The van der Waals surface area contributed by atoms with E-state index in [2.05, 4.69) is 15.9 Å². The van der Waals surface area contributed by atoms with E-state index in [1.54, 1.807) is 29.2 Å². The van der Waals surface area contributed by atoms with E-state index in [9.17, 15) is 13.2 Å². The fourth-order valence-corrected chi connectivity index (χ4v) is 4.12. The van der Waals surface area contributed by atoms with Crippen LogP contribution < -0.4 is 9.21 Å². The summed E-state index contributed by atoms with van der Waals surface area (Å²) in [5.74, 6) is -0.222. The number of halogens is 1. The second kappa shape index (κ2) is 7.17. The van der Waals surface area contributed by atoms with Crippen molar-refractivity contribution >= 4 is 43.2 Å². The molecule has 0 saturated heterocycles. The first-order valence-electron chi connectivity index (χ1n) is 7.98. The highest BCUT2D eigenvalue weighted by molar-refractivity contribution is 9.10. The van der Waals surface area contributed by atoms with Crippen molar-refractivity contribution in [2.75, 3.05) is 28.6 Å². The second-order valence-electron chi connectivity index (χ2n) is 6.02. The number of fused-ring (bicyclic) bond motifs is 1. The zero-order valence-electron chi connectivity index (χ0n) is 13.9. The Kier molecular flexibility index (Phi) is 5.15. The van der Waals surface area contributed by atoms with Crippen LogP contribution in [0.25, 0.3) is 0 Å². The van der Waals surface area contributed by atoms with Crippen molar-refractivity contribution < 1.29 is 13.2 Å².